The zero-order chi connectivity index (χ0) is 8.97. The number of methoxy groups -OCH3 is 1. The van der Waals surface area contributed by atoms with E-state index in [2.05, 4.69) is 0 Å². The van der Waals surface area contributed by atoms with Crippen LogP contribution in [0.2, 0.25) is 0 Å². The normalized spacial score (nSPS) is 23.2. The van der Waals surface area contributed by atoms with Gasteiger partial charge in [-0.15, -0.1) is 0 Å². The molecule has 0 saturated carbocycles. The molecule has 4 heteroatoms. The van der Waals surface area contributed by atoms with E-state index in [0.717, 1.165) is 26.1 Å². The number of ether oxygens (including phenoxy) is 1. The van der Waals surface area contributed by atoms with Gasteiger partial charge in [-0.2, -0.15) is 0 Å². The second kappa shape index (κ2) is 4.42. The van der Waals surface area contributed by atoms with Crippen molar-refractivity contribution in [3.8, 4) is 0 Å². The van der Waals surface area contributed by atoms with E-state index in [1.54, 1.807) is 7.11 Å². The van der Waals surface area contributed by atoms with Gasteiger partial charge in [0.25, 0.3) is 0 Å². The van der Waals surface area contributed by atoms with Crippen molar-refractivity contribution in [2.24, 2.45) is 11.7 Å². The molecule has 1 aliphatic heterocycles. The predicted molar refractivity (Wildman–Crippen MR) is 45.6 cm³/mol. The average Bonchev–Trinajstić information content (AvgIpc) is 2.52. The topological polar surface area (TPSA) is 55.6 Å². The quantitative estimate of drug-likeness (QED) is 0.621. The van der Waals surface area contributed by atoms with E-state index in [-0.39, 0.29) is 12.5 Å². The van der Waals surface area contributed by atoms with Crippen LogP contribution in [-0.4, -0.2) is 44.2 Å². The van der Waals surface area contributed by atoms with Crippen LogP contribution in [0, 0.1) is 5.92 Å². The summed E-state index contributed by atoms with van der Waals surface area (Å²) in [6.45, 7) is 2.52. The van der Waals surface area contributed by atoms with Gasteiger partial charge in [0, 0.05) is 26.1 Å². The fraction of sp³-hybridized carbons (Fsp3) is 0.875. The van der Waals surface area contributed by atoms with E-state index in [1.807, 2.05) is 4.90 Å². The molecule has 0 aromatic carbocycles. The highest BCUT2D eigenvalue weighted by atomic mass is 16.5. The Morgan fingerprint density at radius 2 is 2.50 bits per heavy atom. The van der Waals surface area contributed by atoms with Crippen LogP contribution in [0.1, 0.15) is 6.42 Å². The summed E-state index contributed by atoms with van der Waals surface area (Å²) in [5.74, 6) is 0.555. The van der Waals surface area contributed by atoms with E-state index >= 15 is 0 Å². The summed E-state index contributed by atoms with van der Waals surface area (Å²) in [7, 11) is 1.69. The maximum absolute atomic E-state index is 11.1. The van der Waals surface area contributed by atoms with Crippen molar-refractivity contribution >= 4 is 5.91 Å². The molecule has 4 nitrogen and oxygen atoms in total. The molecule has 1 saturated heterocycles. The molecule has 1 aliphatic rings. The van der Waals surface area contributed by atoms with E-state index in [9.17, 15) is 4.79 Å². The van der Waals surface area contributed by atoms with Gasteiger partial charge < -0.3 is 15.4 Å². The molecule has 1 atom stereocenters. The molecule has 0 aromatic rings. The molecule has 0 aromatic heterocycles. The van der Waals surface area contributed by atoms with Crippen molar-refractivity contribution in [1.29, 1.82) is 0 Å². The fourth-order valence-electron chi connectivity index (χ4n) is 1.56. The lowest BCUT2D eigenvalue weighted by Crippen LogP contribution is -2.34. The second-order valence-corrected chi connectivity index (χ2v) is 3.15. The molecule has 0 bridgehead atoms. The number of nitrogens with two attached hydrogens (primary N) is 1. The fourth-order valence-corrected chi connectivity index (χ4v) is 1.56. The third-order valence-corrected chi connectivity index (χ3v) is 2.22. The molecule has 1 amide bonds. The first-order valence-corrected chi connectivity index (χ1v) is 4.24. The zero-order valence-electron chi connectivity index (χ0n) is 7.45. The molecule has 1 fully saturated rings. The Labute approximate surface area is 72.7 Å². The summed E-state index contributed by atoms with van der Waals surface area (Å²) in [4.78, 5) is 12.9. The summed E-state index contributed by atoms with van der Waals surface area (Å²) in [5, 5.41) is 0. The van der Waals surface area contributed by atoms with Gasteiger partial charge in [0.1, 0.15) is 0 Å². The lowest BCUT2D eigenvalue weighted by Gasteiger charge is -2.14. The molecule has 2 N–H and O–H groups in total. The Hall–Kier alpha value is -0.610. The van der Waals surface area contributed by atoms with Crippen molar-refractivity contribution in [3.63, 3.8) is 0 Å². The highest BCUT2D eigenvalue weighted by molar-refractivity contribution is 5.78. The van der Waals surface area contributed by atoms with Crippen LogP contribution in [-0.2, 0) is 9.53 Å². The van der Waals surface area contributed by atoms with Crippen molar-refractivity contribution in [2.75, 3.05) is 33.4 Å². The third-order valence-electron chi connectivity index (χ3n) is 2.22. The Morgan fingerprint density at radius 3 is 3.08 bits per heavy atom. The number of carbonyl (C=O) groups excluding carboxylic acids is 1. The Balaban J connectivity index is 2.30. The van der Waals surface area contributed by atoms with Gasteiger partial charge in [-0.05, 0) is 6.42 Å². The summed E-state index contributed by atoms with van der Waals surface area (Å²) < 4.78 is 5.02. The number of amides is 1. The first-order chi connectivity index (χ1) is 5.77. The maximum atomic E-state index is 11.1. The molecule has 0 aliphatic carbocycles. The van der Waals surface area contributed by atoms with Crippen LogP contribution in [0.15, 0.2) is 0 Å². The van der Waals surface area contributed by atoms with Crippen molar-refractivity contribution in [3.05, 3.63) is 0 Å². The van der Waals surface area contributed by atoms with Gasteiger partial charge in [0.2, 0.25) is 5.91 Å². The third kappa shape index (κ3) is 2.19. The number of carbonyl (C=O) groups is 1. The average molecular weight is 172 g/mol. The molecule has 12 heavy (non-hydrogen) atoms. The monoisotopic (exact) mass is 172 g/mol. The molecule has 70 valence electrons. The van der Waals surface area contributed by atoms with E-state index in [1.165, 1.54) is 0 Å². The highest BCUT2D eigenvalue weighted by Gasteiger charge is 2.24. The maximum Gasteiger partial charge on any atom is 0.236 e. The molecule has 0 spiro atoms. The van der Waals surface area contributed by atoms with Gasteiger partial charge >= 0.3 is 0 Å². The van der Waals surface area contributed by atoms with Gasteiger partial charge in [-0.25, -0.2) is 0 Å². The van der Waals surface area contributed by atoms with Gasteiger partial charge in [-0.1, -0.05) is 0 Å². The molecule has 1 rings (SSSR count). The van der Waals surface area contributed by atoms with Crippen molar-refractivity contribution in [1.82, 2.24) is 4.90 Å². The molecule has 0 unspecified atom stereocenters. The number of hydrogen-bond donors (Lipinski definition) is 1. The number of hydrogen-bond acceptors (Lipinski definition) is 3. The Kier molecular flexibility index (Phi) is 3.49. The van der Waals surface area contributed by atoms with E-state index < -0.39 is 0 Å². The van der Waals surface area contributed by atoms with E-state index in [4.69, 9.17) is 10.5 Å². The minimum absolute atomic E-state index is 0.0496. The number of rotatable bonds is 3. The van der Waals surface area contributed by atoms with Crippen molar-refractivity contribution < 1.29 is 9.53 Å². The first kappa shape index (κ1) is 9.48. The largest absolute Gasteiger partial charge is 0.384 e. The molecular weight excluding hydrogens is 156 g/mol. The number of nitrogens with zero attached hydrogens (tertiary/aromatic N) is 1. The van der Waals surface area contributed by atoms with Gasteiger partial charge in [-0.3, -0.25) is 4.79 Å². The lowest BCUT2D eigenvalue weighted by atomic mass is 10.1. The standard InChI is InChI=1S/C8H16N2O2/c1-12-6-7-2-3-10(5-7)8(11)4-9/h7H,2-6,9H2,1H3/t7-/m0/s1. The summed E-state index contributed by atoms with van der Waals surface area (Å²) >= 11 is 0. The van der Waals surface area contributed by atoms with Crippen LogP contribution in [0.3, 0.4) is 0 Å². The molecular formula is C8H16N2O2. The SMILES string of the molecule is COC[C@H]1CCN(C(=O)CN)C1. The molecule has 0 radical (unpaired) electrons. The van der Waals surface area contributed by atoms with Gasteiger partial charge in [0.15, 0.2) is 0 Å². The van der Waals surface area contributed by atoms with Crippen LogP contribution in [0.4, 0.5) is 0 Å². The summed E-state index contributed by atoms with van der Waals surface area (Å²) in [6.07, 6.45) is 1.04. The van der Waals surface area contributed by atoms with Crippen LogP contribution in [0.25, 0.3) is 0 Å². The summed E-state index contributed by atoms with van der Waals surface area (Å²) in [6, 6.07) is 0. The van der Waals surface area contributed by atoms with Gasteiger partial charge in [0.05, 0.1) is 13.2 Å². The Bertz CT molecular complexity index is 161. The predicted octanol–water partition coefficient (Wildman–Crippen LogP) is -0.560. The lowest BCUT2D eigenvalue weighted by molar-refractivity contribution is -0.128. The van der Waals surface area contributed by atoms with Crippen LogP contribution in [0.5, 0.6) is 0 Å². The second-order valence-electron chi connectivity index (χ2n) is 3.15. The van der Waals surface area contributed by atoms with Crippen molar-refractivity contribution in [2.45, 2.75) is 6.42 Å². The van der Waals surface area contributed by atoms with Crippen LogP contribution >= 0.6 is 0 Å². The zero-order valence-corrected chi connectivity index (χ0v) is 7.45. The smallest absolute Gasteiger partial charge is 0.236 e. The number of likely N-dealkylation sites (tertiary alicyclic amines) is 1. The van der Waals surface area contributed by atoms with Crippen LogP contribution < -0.4 is 5.73 Å². The van der Waals surface area contributed by atoms with E-state index in [0.29, 0.717) is 5.92 Å². The highest BCUT2D eigenvalue weighted by Crippen LogP contribution is 2.15. The summed E-state index contributed by atoms with van der Waals surface area (Å²) in [5.41, 5.74) is 5.25. The Morgan fingerprint density at radius 1 is 1.75 bits per heavy atom. The molecule has 1 heterocycles. The minimum Gasteiger partial charge on any atom is -0.384 e. The first-order valence-electron chi connectivity index (χ1n) is 4.24. The minimum atomic E-state index is 0.0496.